The van der Waals surface area contributed by atoms with Gasteiger partial charge in [0.1, 0.15) is 6.20 Å². The van der Waals surface area contributed by atoms with Crippen LogP contribution in [0.1, 0.15) is 33.4 Å². The second-order valence-electron chi connectivity index (χ2n) is 6.83. The van der Waals surface area contributed by atoms with Crippen LogP contribution in [-0.4, -0.2) is 6.34 Å². The molecule has 24 heavy (non-hydrogen) atoms. The summed E-state index contributed by atoms with van der Waals surface area (Å²) < 4.78 is 0.579. The lowest BCUT2D eigenvalue weighted by molar-refractivity contribution is 0.743. The second-order valence-corrected chi connectivity index (χ2v) is 6.83. The number of rotatable bonds is 2. The first kappa shape index (κ1) is 18.4. The van der Waals surface area contributed by atoms with Crippen LogP contribution in [0.25, 0.3) is 0 Å². The highest BCUT2D eigenvalue weighted by Gasteiger charge is 2.38. The molecule has 1 aliphatic rings. The predicted molar refractivity (Wildman–Crippen MR) is 108 cm³/mol. The topological polar surface area (TPSA) is 12.4 Å². The molecule has 2 aromatic rings. The molecule has 0 atom stereocenters. The van der Waals surface area contributed by atoms with E-state index in [9.17, 15) is 0 Å². The number of nitrogens with zero attached hydrogens (tertiary/aromatic N) is 2. The van der Waals surface area contributed by atoms with Crippen LogP contribution in [0.5, 0.6) is 0 Å². The maximum absolute atomic E-state index is 4.47. The van der Waals surface area contributed by atoms with Crippen LogP contribution in [0.4, 0.5) is 11.4 Å². The highest BCUT2D eigenvalue weighted by molar-refractivity contribution is 5.91. The van der Waals surface area contributed by atoms with E-state index in [-0.39, 0.29) is 12.4 Å². The molecule has 1 heterocycles. The third kappa shape index (κ3) is 2.81. The van der Waals surface area contributed by atoms with Gasteiger partial charge in [0.05, 0.1) is 6.20 Å². The van der Waals surface area contributed by atoms with Crippen molar-refractivity contribution in [2.75, 3.05) is 0 Å². The van der Waals surface area contributed by atoms with Gasteiger partial charge >= 0.3 is 0 Å². The first-order valence-electron chi connectivity index (χ1n) is 8.12. The fraction of sp³-hybridized carbons (Fsp3) is 0.286. The van der Waals surface area contributed by atoms with E-state index in [1.165, 1.54) is 44.8 Å². The largest absolute Gasteiger partial charge is 0.205 e. The van der Waals surface area contributed by atoms with Crippen molar-refractivity contribution in [3.05, 3.63) is 70.0 Å². The van der Waals surface area contributed by atoms with Crippen molar-refractivity contribution in [1.82, 2.24) is 4.48 Å². The molecule has 0 aromatic heterocycles. The van der Waals surface area contributed by atoms with E-state index in [1.807, 2.05) is 6.20 Å². The molecule has 2 nitrogen and oxygen atoms in total. The van der Waals surface area contributed by atoms with Gasteiger partial charge in [-0.3, -0.25) is 0 Å². The molecule has 0 spiro atoms. The Morgan fingerprint density at radius 2 is 1.04 bits per heavy atom. The summed E-state index contributed by atoms with van der Waals surface area (Å²) in [5, 5.41) is 0. The predicted octanol–water partition coefficient (Wildman–Crippen LogP) is 6.11. The van der Waals surface area contributed by atoms with Crippen LogP contribution < -0.4 is 4.48 Å². The SMILES string of the molecule is Cc1cc(C)c([N+]2(c3c(C)cc(C)cc3C)C=CN=C2)c(C)c1.Cl. The second kappa shape index (κ2) is 6.54. The van der Waals surface area contributed by atoms with Gasteiger partial charge in [0, 0.05) is 22.3 Å². The molecule has 0 bridgehead atoms. The Morgan fingerprint density at radius 3 is 1.33 bits per heavy atom. The standard InChI is InChI=1S/C21H25N2.ClH/c1-14-9-16(3)20(17(4)10-14)23(8-7-22-13-23)21-18(5)11-15(2)12-19(21)6;/h7-13H,1-6H3;1H/q+1;. The van der Waals surface area contributed by atoms with Gasteiger partial charge in [0.25, 0.3) is 0 Å². The van der Waals surface area contributed by atoms with Crippen molar-refractivity contribution in [3.63, 3.8) is 0 Å². The number of benzene rings is 2. The molecule has 3 heteroatoms. The van der Waals surface area contributed by atoms with Crippen molar-refractivity contribution >= 4 is 30.1 Å². The van der Waals surface area contributed by atoms with Gasteiger partial charge < -0.3 is 0 Å². The molecule has 0 aliphatic carbocycles. The lowest BCUT2D eigenvalue weighted by Gasteiger charge is -2.32. The average molecular weight is 342 g/mol. The van der Waals surface area contributed by atoms with E-state index >= 15 is 0 Å². The monoisotopic (exact) mass is 341 g/mol. The highest BCUT2D eigenvalue weighted by atomic mass is 35.5. The molecule has 0 saturated heterocycles. The maximum atomic E-state index is 4.47. The van der Waals surface area contributed by atoms with Crippen molar-refractivity contribution in [2.24, 2.45) is 4.99 Å². The lowest BCUT2D eigenvalue weighted by atomic mass is 9.98. The smallest absolute Gasteiger partial charge is 0.205 e. The summed E-state index contributed by atoms with van der Waals surface area (Å²) >= 11 is 0. The van der Waals surface area contributed by atoms with Gasteiger partial charge in [-0.05, 0) is 41.5 Å². The molecule has 0 amide bonds. The molecule has 126 valence electrons. The lowest BCUT2D eigenvalue weighted by Crippen LogP contribution is -2.37. The number of hydrogen-bond acceptors (Lipinski definition) is 1. The molecule has 1 aliphatic heterocycles. The summed E-state index contributed by atoms with van der Waals surface area (Å²) in [6.07, 6.45) is 6.15. The molecule has 0 N–H and O–H groups in total. The molecule has 0 radical (unpaired) electrons. The van der Waals surface area contributed by atoms with Crippen molar-refractivity contribution in [2.45, 2.75) is 41.5 Å². The number of halogens is 1. The van der Waals surface area contributed by atoms with Crippen LogP contribution in [0.15, 0.2) is 41.7 Å². The quantitative estimate of drug-likeness (QED) is 0.584. The first-order chi connectivity index (χ1) is 10.8. The van der Waals surface area contributed by atoms with Gasteiger partial charge in [0.15, 0.2) is 11.4 Å². The van der Waals surface area contributed by atoms with Gasteiger partial charge in [-0.25, -0.2) is 4.99 Å². The Labute approximate surface area is 151 Å². The minimum absolute atomic E-state index is 0. The van der Waals surface area contributed by atoms with E-state index in [2.05, 4.69) is 83.3 Å². The molecule has 0 unspecified atom stereocenters. The minimum Gasteiger partial charge on any atom is -0.205 e. The third-order valence-electron chi connectivity index (χ3n) is 4.65. The number of hydrogen-bond donors (Lipinski definition) is 0. The Balaban J connectivity index is 0.00000208. The maximum Gasteiger partial charge on any atom is 0.205 e. The molecular weight excluding hydrogens is 316 g/mol. The number of aliphatic imine (C=N–C) groups is 1. The average Bonchev–Trinajstić information content (AvgIpc) is 2.85. The highest BCUT2D eigenvalue weighted by Crippen LogP contribution is 2.44. The van der Waals surface area contributed by atoms with E-state index in [0.29, 0.717) is 4.48 Å². The first-order valence-corrected chi connectivity index (χ1v) is 8.12. The van der Waals surface area contributed by atoms with Crippen LogP contribution in [0.3, 0.4) is 0 Å². The van der Waals surface area contributed by atoms with Gasteiger partial charge in [0.2, 0.25) is 6.34 Å². The normalized spacial score (nSPS) is 14.8. The Kier molecular flexibility index (Phi) is 5.03. The van der Waals surface area contributed by atoms with Crippen LogP contribution in [0.2, 0.25) is 0 Å². The van der Waals surface area contributed by atoms with Gasteiger partial charge in [-0.1, -0.05) is 35.4 Å². The zero-order chi connectivity index (χ0) is 16.8. The Bertz CT molecular complexity index is 729. The van der Waals surface area contributed by atoms with Gasteiger partial charge in [-0.15, -0.1) is 12.4 Å². The molecule has 0 saturated carbocycles. The van der Waals surface area contributed by atoms with Crippen LogP contribution >= 0.6 is 12.4 Å². The van der Waals surface area contributed by atoms with Crippen LogP contribution in [-0.2, 0) is 0 Å². The molecular formula is C21H26ClN2+. The number of aryl methyl sites for hydroxylation is 6. The third-order valence-corrected chi connectivity index (χ3v) is 4.65. The number of quaternary nitrogens is 1. The van der Waals surface area contributed by atoms with Gasteiger partial charge in [-0.2, -0.15) is 4.48 Å². The fourth-order valence-corrected chi connectivity index (χ4v) is 4.21. The molecule has 2 aromatic carbocycles. The zero-order valence-corrected chi connectivity index (χ0v) is 16.2. The van der Waals surface area contributed by atoms with Crippen molar-refractivity contribution in [3.8, 4) is 0 Å². The van der Waals surface area contributed by atoms with E-state index < -0.39 is 0 Å². The van der Waals surface area contributed by atoms with Crippen LogP contribution in [0, 0.1) is 41.5 Å². The summed E-state index contributed by atoms with van der Waals surface area (Å²) in [6.45, 7) is 13.1. The van der Waals surface area contributed by atoms with Crippen molar-refractivity contribution in [1.29, 1.82) is 0 Å². The summed E-state index contributed by atoms with van der Waals surface area (Å²) in [7, 11) is 0. The summed E-state index contributed by atoms with van der Waals surface area (Å²) in [4.78, 5) is 4.47. The zero-order valence-electron chi connectivity index (χ0n) is 15.3. The van der Waals surface area contributed by atoms with E-state index in [4.69, 9.17) is 0 Å². The van der Waals surface area contributed by atoms with E-state index in [0.717, 1.165) is 0 Å². The fourth-order valence-electron chi connectivity index (χ4n) is 4.21. The summed E-state index contributed by atoms with van der Waals surface area (Å²) in [5.41, 5.74) is 10.4. The summed E-state index contributed by atoms with van der Waals surface area (Å²) in [5.74, 6) is 0. The van der Waals surface area contributed by atoms with Crippen molar-refractivity contribution < 1.29 is 0 Å². The molecule has 3 rings (SSSR count). The molecule has 0 fully saturated rings. The van der Waals surface area contributed by atoms with E-state index in [1.54, 1.807) is 0 Å². The summed E-state index contributed by atoms with van der Waals surface area (Å²) in [6, 6.07) is 9.06. The Hall–Kier alpha value is -1.90. The minimum atomic E-state index is 0. The Morgan fingerprint density at radius 1 is 0.667 bits per heavy atom.